The number of piperidine rings is 1. The van der Waals surface area contributed by atoms with Gasteiger partial charge in [0.15, 0.2) is 11.5 Å². The van der Waals surface area contributed by atoms with Gasteiger partial charge in [-0.05, 0) is 74.7 Å². The Labute approximate surface area is 199 Å². The molecule has 0 N–H and O–H groups in total. The van der Waals surface area contributed by atoms with Crippen molar-refractivity contribution in [3.05, 3.63) is 70.9 Å². The third kappa shape index (κ3) is 4.77. The quantitative estimate of drug-likeness (QED) is 0.496. The Kier molecular flexibility index (Phi) is 6.13. The van der Waals surface area contributed by atoms with Crippen LogP contribution in [0.15, 0.2) is 59.1 Å². The number of hydrogen-bond acceptors (Lipinski definition) is 5. The average molecular weight is 466 g/mol. The molecule has 0 unspecified atom stereocenters. The summed E-state index contributed by atoms with van der Waals surface area (Å²) in [6.45, 7) is 0.456. The highest BCUT2D eigenvalue weighted by molar-refractivity contribution is 6.30. The van der Waals surface area contributed by atoms with Gasteiger partial charge in [-0.1, -0.05) is 28.9 Å². The summed E-state index contributed by atoms with van der Waals surface area (Å²) in [5, 5.41) is 4.61. The van der Waals surface area contributed by atoms with Gasteiger partial charge in [0, 0.05) is 42.3 Å². The fourth-order valence-corrected chi connectivity index (χ4v) is 5.16. The van der Waals surface area contributed by atoms with E-state index in [0.717, 1.165) is 29.7 Å². The molecule has 0 saturated carbocycles. The molecule has 5 rings (SSSR count). The highest BCUT2D eigenvalue weighted by Gasteiger charge is 2.39. The van der Waals surface area contributed by atoms with E-state index < -0.39 is 0 Å². The molecule has 3 heterocycles. The standard InChI is InChI=1S/C26H28ClN3O3/c1-29(26(31)24-15-25(33-28-24)18-6-8-19(27)9-7-18)16-17-4-3-5-22(12-17)32-23-13-20-10-11-21(14-23)30(20)2/h3-9,12,15,20-21,23H,10-11,13-14,16H2,1-2H3/t20-,21+,23+. The lowest BCUT2D eigenvalue weighted by molar-refractivity contribution is 0.0659. The van der Waals surface area contributed by atoms with E-state index in [9.17, 15) is 4.79 Å². The van der Waals surface area contributed by atoms with E-state index in [-0.39, 0.29) is 17.7 Å². The van der Waals surface area contributed by atoms with Gasteiger partial charge >= 0.3 is 0 Å². The summed E-state index contributed by atoms with van der Waals surface area (Å²) in [5.74, 6) is 1.21. The maximum atomic E-state index is 12.9. The lowest BCUT2D eigenvalue weighted by atomic mass is 10.0. The lowest BCUT2D eigenvalue weighted by Gasteiger charge is -2.36. The Morgan fingerprint density at radius 1 is 1.15 bits per heavy atom. The molecule has 6 nitrogen and oxygen atoms in total. The second kappa shape index (κ2) is 9.20. The maximum Gasteiger partial charge on any atom is 0.276 e. The zero-order valence-corrected chi connectivity index (χ0v) is 19.7. The normalized spacial score (nSPS) is 22.3. The van der Waals surface area contributed by atoms with Crippen molar-refractivity contribution in [2.24, 2.45) is 0 Å². The van der Waals surface area contributed by atoms with Crippen LogP contribution in [0, 0.1) is 0 Å². The van der Waals surface area contributed by atoms with Crippen molar-refractivity contribution < 1.29 is 14.1 Å². The third-order valence-electron chi connectivity index (χ3n) is 6.88. The van der Waals surface area contributed by atoms with Gasteiger partial charge in [-0.15, -0.1) is 0 Å². The molecular weight excluding hydrogens is 438 g/mol. The summed E-state index contributed by atoms with van der Waals surface area (Å²) >= 11 is 5.94. The molecule has 3 atom stereocenters. The number of nitrogens with zero attached hydrogens (tertiary/aromatic N) is 3. The summed E-state index contributed by atoms with van der Waals surface area (Å²) < 4.78 is 11.7. The highest BCUT2D eigenvalue weighted by Crippen LogP contribution is 2.36. The number of carbonyl (C=O) groups excluding carboxylic acids is 1. The Bertz CT molecular complexity index is 1120. The van der Waals surface area contributed by atoms with Crippen LogP contribution in [-0.4, -0.2) is 53.1 Å². The molecule has 0 radical (unpaired) electrons. The highest BCUT2D eigenvalue weighted by atomic mass is 35.5. The molecule has 2 saturated heterocycles. The van der Waals surface area contributed by atoms with E-state index >= 15 is 0 Å². The Morgan fingerprint density at radius 3 is 2.61 bits per heavy atom. The molecule has 0 spiro atoms. The topological polar surface area (TPSA) is 58.8 Å². The minimum atomic E-state index is -0.197. The average Bonchev–Trinajstić information content (AvgIpc) is 3.36. The molecule has 2 bridgehead atoms. The number of halogens is 1. The Hall–Kier alpha value is -2.83. The molecule has 7 heteroatoms. The van der Waals surface area contributed by atoms with E-state index in [0.29, 0.717) is 29.4 Å². The SMILES string of the molecule is CN(Cc1cccc(O[C@H]2C[C@H]3CC[C@@H](C2)N3C)c1)C(=O)c1cc(-c2ccc(Cl)cc2)on1. The minimum absolute atomic E-state index is 0.197. The monoisotopic (exact) mass is 465 g/mol. The van der Waals surface area contributed by atoms with Crippen molar-refractivity contribution in [1.82, 2.24) is 15.0 Å². The van der Waals surface area contributed by atoms with Crippen LogP contribution in [0.5, 0.6) is 5.75 Å². The Balaban J connectivity index is 1.21. The summed E-state index contributed by atoms with van der Waals surface area (Å²) in [5.41, 5.74) is 2.11. The maximum absolute atomic E-state index is 12.9. The smallest absolute Gasteiger partial charge is 0.276 e. The van der Waals surface area contributed by atoms with E-state index in [1.807, 2.05) is 36.4 Å². The Morgan fingerprint density at radius 2 is 1.88 bits per heavy atom. The van der Waals surface area contributed by atoms with E-state index in [1.165, 1.54) is 12.8 Å². The van der Waals surface area contributed by atoms with Crippen LogP contribution in [0.3, 0.4) is 0 Å². The van der Waals surface area contributed by atoms with Gasteiger partial charge in [-0.2, -0.15) is 0 Å². The molecule has 2 aromatic carbocycles. The number of rotatable bonds is 6. The van der Waals surface area contributed by atoms with Gasteiger partial charge in [0.05, 0.1) is 0 Å². The van der Waals surface area contributed by atoms with Gasteiger partial charge in [0.2, 0.25) is 0 Å². The number of hydrogen-bond donors (Lipinski definition) is 0. The molecule has 2 fully saturated rings. The van der Waals surface area contributed by atoms with Crippen molar-refractivity contribution in [3.63, 3.8) is 0 Å². The van der Waals surface area contributed by atoms with E-state index in [4.69, 9.17) is 20.9 Å². The second-order valence-electron chi connectivity index (χ2n) is 9.15. The van der Waals surface area contributed by atoms with Crippen molar-refractivity contribution in [3.8, 4) is 17.1 Å². The van der Waals surface area contributed by atoms with Gasteiger partial charge in [-0.25, -0.2) is 0 Å². The number of ether oxygens (including phenoxy) is 1. The first-order valence-corrected chi connectivity index (χ1v) is 11.8. The van der Waals surface area contributed by atoms with Crippen LogP contribution in [0.25, 0.3) is 11.3 Å². The van der Waals surface area contributed by atoms with Crippen LogP contribution < -0.4 is 4.74 Å². The van der Waals surface area contributed by atoms with Gasteiger partial charge < -0.3 is 19.1 Å². The van der Waals surface area contributed by atoms with Crippen molar-refractivity contribution in [2.45, 2.75) is 50.4 Å². The zero-order valence-electron chi connectivity index (χ0n) is 18.9. The lowest BCUT2D eigenvalue weighted by Crippen LogP contribution is -2.43. The van der Waals surface area contributed by atoms with Gasteiger partial charge in [0.25, 0.3) is 5.91 Å². The molecular formula is C26H28ClN3O3. The van der Waals surface area contributed by atoms with E-state index in [1.54, 1.807) is 30.1 Å². The van der Waals surface area contributed by atoms with Crippen LogP contribution in [-0.2, 0) is 6.54 Å². The number of aromatic nitrogens is 1. The van der Waals surface area contributed by atoms with Crippen LogP contribution in [0.1, 0.15) is 41.7 Å². The fraction of sp³-hybridized carbons (Fsp3) is 0.385. The zero-order chi connectivity index (χ0) is 22.9. The largest absolute Gasteiger partial charge is 0.490 e. The van der Waals surface area contributed by atoms with Crippen LogP contribution >= 0.6 is 11.6 Å². The molecule has 1 aromatic heterocycles. The number of benzene rings is 2. The van der Waals surface area contributed by atoms with Crippen LogP contribution in [0.4, 0.5) is 0 Å². The van der Waals surface area contributed by atoms with Crippen molar-refractivity contribution >= 4 is 17.5 Å². The number of amides is 1. The fourth-order valence-electron chi connectivity index (χ4n) is 5.03. The predicted octanol–water partition coefficient (Wildman–Crippen LogP) is 5.27. The van der Waals surface area contributed by atoms with Gasteiger partial charge in [-0.3, -0.25) is 4.79 Å². The first-order valence-electron chi connectivity index (χ1n) is 11.4. The summed E-state index contributed by atoms with van der Waals surface area (Å²) in [7, 11) is 4.00. The molecule has 2 aliphatic rings. The summed E-state index contributed by atoms with van der Waals surface area (Å²) in [6.07, 6.45) is 4.97. The molecule has 1 amide bonds. The first kappa shape index (κ1) is 22.0. The number of carbonyl (C=O) groups is 1. The van der Waals surface area contributed by atoms with Crippen molar-refractivity contribution in [2.75, 3.05) is 14.1 Å². The molecule has 0 aliphatic carbocycles. The van der Waals surface area contributed by atoms with Gasteiger partial charge in [0.1, 0.15) is 11.9 Å². The summed E-state index contributed by atoms with van der Waals surface area (Å²) in [6, 6.07) is 18.2. The molecule has 33 heavy (non-hydrogen) atoms. The first-order chi connectivity index (χ1) is 16.0. The number of fused-ring (bicyclic) bond motifs is 2. The predicted molar refractivity (Wildman–Crippen MR) is 127 cm³/mol. The second-order valence-corrected chi connectivity index (χ2v) is 9.59. The van der Waals surface area contributed by atoms with E-state index in [2.05, 4.69) is 17.1 Å². The molecule has 172 valence electrons. The summed E-state index contributed by atoms with van der Waals surface area (Å²) in [4.78, 5) is 17.1. The molecule has 2 aliphatic heterocycles. The van der Waals surface area contributed by atoms with Crippen molar-refractivity contribution in [1.29, 1.82) is 0 Å². The minimum Gasteiger partial charge on any atom is -0.490 e. The molecule has 3 aromatic rings. The third-order valence-corrected chi connectivity index (χ3v) is 7.13. The van der Waals surface area contributed by atoms with Crippen LogP contribution in [0.2, 0.25) is 5.02 Å².